The summed E-state index contributed by atoms with van der Waals surface area (Å²) in [5, 5.41) is 0. The average molecular weight is 218 g/mol. The second kappa shape index (κ2) is 5.15. The lowest BCUT2D eigenvalue weighted by Crippen LogP contribution is -2.14. The van der Waals surface area contributed by atoms with Crippen LogP contribution in [0.15, 0.2) is 24.3 Å². The van der Waals surface area contributed by atoms with E-state index in [-0.39, 0.29) is 5.92 Å². The van der Waals surface area contributed by atoms with Gasteiger partial charge in [-0.3, -0.25) is 0 Å². The van der Waals surface area contributed by atoms with E-state index in [2.05, 4.69) is 12.1 Å². The minimum absolute atomic E-state index is 0.283. The fraction of sp³-hybridized carbons (Fsp3) is 0.500. The molecule has 0 aliphatic heterocycles. The Morgan fingerprint density at radius 3 is 2.50 bits per heavy atom. The number of benzene rings is 1. The molecule has 0 N–H and O–H groups in total. The Balaban J connectivity index is 2.10. The lowest BCUT2D eigenvalue weighted by Gasteiger charge is -2.26. The first-order valence-electron chi connectivity index (χ1n) is 5.93. The lowest BCUT2D eigenvalue weighted by atomic mass is 9.79. The van der Waals surface area contributed by atoms with Gasteiger partial charge in [-0.2, -0.15) is 0 Å². The van der Waals surface area contributed by atoms with Crippen molar-refractivity contribution < 1.29 is 9.53 Å². The molecule has 1 saturated carbocycles. The van der Waals surface area contributed by atoms with Gasteiger partial charge in [-0.1, -0.05) is 18.2 Å². The Hall–Kier alpha value is -1.31. The summed E-state index contributed by atoms with van der Waals surface area (Å²) in [6, 6.07) is 8.22. The first kappa shape index (κ1) is 11.2. The second-order valence-corrected chi connectivity index (χ2v) is 4.49. The van der Waals surface area contributed by atoms with E-state index >= 15 is 0 Å². The van der Waals surface area contributed by atoms with Crippen molar-refractivity contribution in [3.8, 4) is 5.75 Å². The summed E-state index contributed by atoms with van der Waals surface area (Å²) in [5.74, 6) is 1.83. The fourth-order valence-electron chi connectivity index (χ4n) is 2.57. The van der Waals surface area contributed by atoms with Gasteiger partial charge in [0.15, 0.2) is 0 Å². The molecule has 2 nitrogen and oxygen atoms in total. The van der Waals surface area contributed by atoms with Crippen molar-refractivity contribution in [2.75, 3.05) is 7.11 Å². The molecular formula is C14H18O2. The minimum Gasteiger partial charge on any atom is -0.496 e. The largest absolute Gasteiger partial charge is 0.496 e. The molecule has 16 heavy (non-hydrogen) atoms. The normalized spacial score (nSPS) is 25.1. The van der Waals surface area contributed by atoms with Crippen molar-refractivity contribution in [1.82, 2.24) is 0 Å². The number of ether oxygens (including phenoxy) is 1. The third kappa shape index (κ3) is 2.26. The molecule has 0 bridgehead atoms. The maximum Gasteiger partial charge on any atom is 0.123 e. The van der Waals surface area contributed by atoms with Crippen molar-refractivity contribution in [3.05, 3.63) is 29.8 Å². The van der Waals surface area contributed by atoms with Crippen LogP contribution in [-0.2, 0) is 4.79 Å². The van der Waals surface area contributed by atoms with E-state index in [1.807, 2.05) is 12.1 Å². The number of hydrogen-bond acceptors (Lipinski definition) is 2. The molecule has 1 aromatic rings. The Kier molecular flexibility index (Phi) is 3.60. The zero-order valence-electron chi connectivity index (χ0n) is 9.69. The van der Waals surface area contributed by atoms with Crippen molar-refractivity contribution in [2.24, 2.45) is 5.92 Å². The average Bonchev–Trinajstić information content (AvgIpc) is 2.39. The van der Waals surface area contributed by atoms with Crippen LogP contribution in [0.5, 0.6) is 5.75 Å². The quantitative estimate of drug-likeness (QED) is 0.728. The summed E-state index contributed by atoms with van der Waals surface area (Å²) < 4.78 is 5.38. The maximum atomic E-state index is 10.7. The summed E-state index contributed by atoms with van der Waals surface area (Å²) in [6.45, 7) is 0. The van der Waals surface area contributed by atoms with Gasteiger partial charge in [0, 0.05) is 5.92 Å². The first-order valence-corrected chi connectivity index (χ1v) is 5.93. The summed E-state index contributed by atoms with van der Waals surface area (Å²) in [7, 11) is 1.72. The van der Waals surface area contributed by atoms with Crippen LogP contribution in [0.25, 0.3) is 0 Å². The minimum atomic E-state index is 0.283. The van der Waals surface area contributed by atoms with E-state index in [0.29, 0.717) is 5.92 Å². The number of carbonyl (C=O) groups is 1. The molecule has 0 unspecified atom stereocenters. The highest BCUT2D eigenvalue weighted by molar-refractivity contribution is 5.53. The number of carbonyl (C=O) groups excluding carboxylic acids is 1. The number of para-hydroxylation sites is 1. The smallest absolute Gasteiger partial charge is 0.123 e. The van der Waals surface area contributed by atoms with Gasteiger partial charge in [0.25, 0.3) is 0 Å². The highest BCUT2D eigenvalue weighted by atomic mass is 16.5. The Labute approximate surface area is 96.6 Å². The van der Waals surface area contributed by atoms with E-state index in [4.69, 9.17) is 4.74 Å². The lowest BCUT2D eigenvalue weighted by molar-refractivity contribution is -0.111. The van der Waals surface area contributed by atoms with Crippen LogP contribution in [0.2, 0.25) is 0 Å². The topological polar surface area (TPSA) is 26.3 Å². The highest BCUT2D eigenvalue weighted by Gasteiger charge is 2.23. The molecule has 0 amide bonds. The van der Waals surface area contributed by atoms with Crippen LogP contribution >= 0.6 is 0 Å². The zero-order chi connectivity index (χ0) is 11.4. The standard InChI is InChI=1S/C14H18O2/c1-16-14-5-3-2-4-13(14)12-8-6-11(10-15)7-9-12/h2-5,10-12H,6-9H2,1H3. The molecule has 0 aromatic heterocycles. The summed E-state index contributed by atoms with van der Waals surface area (Å²) >= 11 is 0. The fourth-order valence-corrected chi connectivity index (χ4v) is 2.57. The number of methoxy groups -OCH3 is 1. The molecule has 0 heterocycles. The Bertz CT molecular complexity index is 352. The van der Waals surface area contributed by atoms with Crippen LogP contribution in [0.4, 0.5) is 0 Å². The van der Waals surface area contributed by atoms with Gasteiger partial charge in [0.05, 0.1) is 7.11 Å². The number of rotatable bonds is 3. The Morgan fingerprint density at radius 1 is 1.19 bits per heavy atom. The van der Waals surface area contributed by atoms with Gasteiger partial charge in [-0.05, 0) is 43.2 Å². The highest BCUT2D eigenvalue weighted by Crippen LogP contribution is 2.38. The van der Waals surface area contributed by atoms with Gasteiger partial charge in [-0.15, -0.1) is 0 Å². The number of hydrogen-bond donors (Lipinski definition) is 0. The maximum absolute atomic E-state index is 10.7. The molecular weight excluding hydrogens is 200 g/mol. The van der Waals surface area contributed by atoms with Crippen LogP contribution in [-0.4, -0.2) is 13.4 Å². The summed E-state index contributed by atoms with van der Waals surface area (Å²) in [6.07, 6.45) is 5.35. The molecule has 1 aromatic carbocycles. The molecule has 0 saturated heterocycles. The van der Waals surface area contributed by atoms with Crippen LogP contribution in [0.1, 0.15) is 37.2 Å². The van der Waals surface area contributed by atoms with Crippen molar-refractivity contribution in [2.45, 2.75) is 31.6 Å². The predicted octanol–water partition coefficient (Wildman–Crippen LogP) is 3.17. The first-order chi connectivity index (χ1) is 7.85. The van der Waals surface area contributed by atoms with E-state index in [9.17, 15) is 4.79 Å². The van der Waals surface area contributed by atoms with Gasteiger partial charge < -0.3 is 9.53 Å². The molecule has 2 heteroatoms. The third-order valence-corrected chi connectivity index (χ3v) is 3.54. The molecule has 0 radical (unpaired) electrons. The molecule has 2 rings (SSSR count). The number of aldehydes is 1. The molecule has 1 fully saturated rings. The van der Waals surface area contributed by atoms with Gasteiger partial charge in [-0.25, -0.2) is 0 Å². The Morgan fingerprint density at radius 2 is 1.88 bits per heavy atom. The van der Waals surface area contributed by atoms with E-state index in [1.54, 1.807) is 7.11 Å². The molecule has 0 spiro atoms. The summed E-state index contributed by atoms with van der Waals surface area (Å²) in [4.78, 5) is 10.7. The van der Waals surface area contributed by atoms with Crippen molar-refractivity contribution in [3.63, 3.8) is 0 Å². The van der Waals surface area contributed by atoms with Crippen LogP contribution in [0.3, 0.4) is 0 Å². The van der Waals surface area contributed by atoms with E-state index in [1.165, 1.54) is 5.56 Å². The zero-order valence-corrected chi connectivity index (χ0v) is 9.69. The van der Waals surface area contributed by atoms with Gasteiger partial charge in [0.1, 0.15) is 12.0 Å². The van der Waals surface area contributed by atoms with E-state index < -0.39 is 0 Å². The molecule has 86 valence electrons. The van der Waals surface area contributed by atoms with E-state index in [0.717, 1.165) is 37.7 Å². The molecule has 1 aliphatic carbocycles. The second-order valence-electron chi connectivity index (χ2n) is 4.49. The predicted molar refractivity (Wildman–Crippen MR) is 63.8 cm³/mol. The monoisotopic (exact) mass is 218 g/mol. The van der Waals surface area contributed by atoms with Gasteiger partial charge in [0.2, 0.25) is 0 Å². The SMILES string of the molecule is COc1ccccc1C1CCC(C=O)CC1. The third-order valence-electron chi connectivity index (χ3n) is 3.54. The van der Waals surface area contributed by atoms with Gasteiger partial charge >= 0.3 is 0 Å². The van der Waals surface area contributed by atoms with Crippen LogP contribution in [0, 0.1) is 5.92 Å². The van der Waals surface area contributed by atoms with Crippen molar-refractivity contribution >= 4 is 6.29 Å². The molecule has 0 atom stereocenters. The molecule has 1 aliphatic rings. The van der Waals surface area contributed by atoms with Crippen molar-refractivity contribution in [1.29, 1.82) is 0 Å². The van der Waals surface area contributed by atoms with Crippen LogP contribution < -0.4 is 4.74 Å². The summed E-state index contributed by atoms with van der Waals surface area (Å²) in [5.41, 5.74) is 1.30.